The van der Waals surface area contributed by atoms with Gasteiger partial charge in [0.2, 0.25) is 0 Å². The number of carbonyl (C=O) groups excluding carboxylic acids is 4. The lowest BCUT2D eigenvalue weighted by molar-refractivity contribution is -0.174. The average molecular weight is 564 g/mol. The molecule has 2 rings (SSSR count). The molecule has 2 amide bonds. The second kappa shape index (κ2) is 13.5. The Bertz CT molecular complexity index is 1010. The molecular formula is C30H45NO9. The van der Waals surface area contributed by atoms with E-state index in [0.29, 0.717) is 11.3 Å². The van der Waals surface area contributed by atoms with Gasteiger partial charge >= 0.3 is 24.1 Å². The SMILES string of the molecule is Cc1ccc(CC2COCC(N(C(=O)OC(C)(C)C)C(=O)OC(C)(C)C)C(=O)OC(C)C2OC(=O)C(C)C)cc1. The van der Waals surface area contributed by atoms with Crippen molar-refractivity contribution in [2.45, 2.75) is 105 Å². The molecule has 10 nitrogen and oxygen atoms in total. The molecule has 1 heterocycles. The maximum Gasteiger partial charge on any atom is 0.420 e. The van der Waals surface area contributed by atoms with Crippen LogP contribution in [0, 0.1) is 18.8 Å². The van der Waals surface area contributed by atoms with E-state index < -0.39 is 59.5 Å². The fraction of sp³-hybridized carbons (Fsp3) is 0.667. The Morgan fingerprint density at radius 2 is 1.48 bits per heavy atom. The summed E-state index contributed by atoms with van der Waals surface area (Å²) >= 11 is 0. The molecule has 0 aliphatic carbocycles. The van der Waals surface area contributed by atoms with E-state index in [1.165, 1.54) is 0 Å². The lowest BCUT2D eigenvalue weighted by atomic mass is 9.91. The summed E-state index contributed by atoms with van der Waals surface area (Å²) < 4.78 is 28.4. The zero-order chi connectivity index (χ0) is 30.4. The summed E-state index contributed by atoms with van der Waals surface area (Å²) in [6, 6.07) is 6.44. The fourth-order valence-corrected chi connectivity index (χ4v) is 4.00. The van der Waals surface area contributed by atoms with Crippen LogP contribution in [0.5, 0.6) is 0 Å². The van der Waals surface area contributed by atoms with Crippen LogP contribution in [-0.4, -0.2) is 71.7 Å². The Kier molecular flexibility index (Phi) is 11.1. The zero-order valence-electron chi connectivity index (χ0n) is 25.4. The van der Waals surface area contributed by atoms with Gasteiger partial charge in [-0.05, 0) is 67.4 Å². The van der Waals surface area contributed by atoms with Gasteiger partial charge in [0.1, 0.15) is 23.4 Å². The minimum atomic E-state index is -1.49. The van der Waals surface area contributed by atoms with Gasteiger partial charge in [-0.15, -0.1) is 0 Å². The second-order valence-corrected chi connectivity index (χ2v) is 12.5. The number of esters is 2. The molecular weight excluding hydrogens is 518 g/mol. The number of imide groups is 1. The van der Waals surface area contributed by atoms with Crippen LogP contribution < -0.4 is 0 Å². The first-order valence-electron chi connectivity index (χ1n) is 13.7. The average Bonchev–Trinajstić information content (AvgIpc) is 2.83. The van der Waals surface area contributed by atoms with Crippen molar-refractivity contribution in [1.29, 1.82) is 0 Å². The van der Waals surface area contributed by atoms with Crippen LogP contribution in [0.25, 0.3) is 0 Å². The molecule has 0 spiro atoms. The highest BCUT2D eigenvalue weighted by Crippen LogP contribution is 2.26. The third-order valence-electron chi connectivity index (χ3n) is 5.94. The van der Waals surface area contributed by atoms with Gasteiger partial charge in [-0.1, -0.05) is 43.7 Å². The van der Waals surface area contributed by atoms with Gasteiger partial charge in [-0.3, -0.25) is 4.79 Å². The highest BCUT2D eigenvalue weighted by Gasteiger charge is 2.44. The number of carbonyl (C=O) groups is 4. The van der Waals surface area contributed by atoms with Crippen molar-refractivity contribution < 1.29 is 42.9 Å². The summed E-state index contributed by atoms with van der Waals surface area (Å²) in [5, 5.41) is 0. The number of aryl methyl sites for hydroxylation is 1. The van der Waals surface area contributed by atoms with Crippen molar-refractivity contribution in [3.63, 3.8) is 0 Å². The zero-order valence-corrected chi connectivity index (χ0v) is 25.4. The molecule has 0 bridgehead atoms. The van der Waals surface area contributed by atoms with E-state index in [1.54, 1.807) is 62.3 Å². The molecule has 4 unspecified atom stereocenters. The van der Waals surface area contributed by atoms with E-state index in [1.807, 2.05) is 31.2 Å². The van der Waals surface area contributed by atoms with E-state index in [-0.39, 0.29) is 19.1 Å². The third kappa shape index (κ3) is 10.1. The monoisotopic (exact) mass is 563 g/mol. The third-order valence-corrected chi connectivity index (χ3v) is 5.94. The van der Waals surface area contributed by atoms with E-state index in [9.17, 15) is 19.2 Å². The summed E-state index contributed by atoms with van der Waals surface area (Å²) in [6.45, 7) is 16.6. The summed E-state index contributed by atoms with van der Waals surface area (Å²) in [7, 11) is 0. The summed E-state index contributed by atoms with van der Waals surface area (Å²) in [5.41, 5.74) is 0.182. The number of hydrogen-bond donors (Lipinski definition) is 0. The van der Waals surface area contributed by atoms with Crippen molar-refractivity contribution in [1.82, 2.24) is 4.90 Å². The van der Waals surface area contributed by atoms with Gasteiger partial charge in [-0.25, -0.2) is 14.4 Å². The Balaban J connectivity index is 2.45. The predicted molar refractivity (Wildman–Crippen MR) is 148 cm³/mol. The number of rotatable bonds is 5. The number of hydrogen-bond acceptors (Lipinski definition) is 9. The summed E-state index contributed by atoms with van der Waals surface area (Å²) in [4.78, 5) is 53.1. The highest BCUT2D eigenvalue weighted by molar-refractivity contribution is 5.94. The van der Waals surface area contributed by atoms with E-state index in [2.05, 4.69) is 0 Å². The molecule has 1 aromatic rings. The van der Waals surface area contributed by atoms with Gasteiger partial charge in [0, 0.05) is 5.92 Å². The first-order valence-corrected chi connectivity index (χ1v) is 13.7. The van der Waals surface area contributed by atoms with Crippen molar-refractivity contribution in [3.8, 4) is 0 Å². The van der Waals surface area contributed by atoms with Crippen molar-refractivity contribution in [2.75, 3.05) is 13.2 Å². The normalized spacial score (nSPS) is 22.3. The molecule has 10 heteroatoms. The van der Waals surface area contributed by atoms with Gasteiger partial charge < -0.3 is 23.7 Å². The van der Waals surface area contributed by atoms with Crippen LogP contribution in [0.3, 0.4) is 0 Å². The fourth-order valence-electron chi connectivity index (χ4n) is 4.00. The molecule has 0 aromatic heterocycles. The molecule has 224 valence electrons. The Hall–Kier alpha value is -3.14. The van der Waals surface area contributed by atoms with Crippen LogP contribution in [-0.2, 0) is 39.7 Å². The highest BCUT2D eigenvalue weighted by atomic mass is 16.6. The van der Waals surface area contributed by atoms with Crippen molar-refractivity contribution in [3.05, 3.63) is 35.4 Å². The van der Waals surface area contributed by atoms with E-state index >= 15 is 0 Å². The standard InChI is InChI=1S/C30H45NO9/c1-18(2)25(32)38-24-20(4)37-26(33)23(17-36-16-22(24)15-21-13-11-19(3)12-14-21)31(27(34)39-29(5,6)7)28(35)40-30(8,9)10/h11-14,18,20,22-24H,15-17H2,1-10H3. The van der Waals surface area contributed by atoms with Crippen LogP contribution >= 0.6 is 0 Å². The van der Waals surface area contributed by atoms with Crippen LogP contribution in [0.4, 0.5) is 9.59 Å². The van der Waals surface area contributed by atoms with Crippen molar-refractivity contribution in [2.24, 2.45) is 11.8 Å². The molecule has 1 saturated heterocycles. The van der Waals surface area contributed by atoms with Gasteiger partial charge in [-0.2, -0.15) is 4.90 Å². The molecule has 0 saturated carbocycles. The van der Waals surface area contributed by atoms with E-state index in [0.717, 1.165) is 11.1 Å². The van der Waals surface area contributed by atoms with Crippen LogP contribution in [0.15, 0.2) is 24.3 Å². The van der Waals surface area contributed by atoms with Crippen LogP contribution in [0.2, 0.25) is 0 Å². The van der Waals surface area contributed by atoms with Crippen LogP contribution in [0.1, 0.15) is 73.4 Å². The predicted octanol–water partition coefficient (Wildman–Crippen LogP) is 5.22. The number of benzene rings is 1. The minimum absolute atomic E-state index is 0.0673. The minimum Gasteiger partial charge on any atom is -0.458 e. The van der Waals surface area contributed by atoms with Gasteiger partial charge in [0.15, 0.2) is 6.04 Å². The Labute approximate surface area is 237 Å². The molecule has 40 heavy (non-hydrogen) atoms. The summed E-state index contributed by atoms with van der Waals surface area (Å²) in [6.07, 6.45) is -3.41. The first kappa shape index (κ1) is 33.1. The maximum absolute atomic E-state index is 13.5. The largest absolute Gasteiger partial charge is 0.458 e. The lowest BCUT2D eigenvalue weighted by Crippen LogP contribution is -2.54. The summed E-state index contributed by atoms with van der Waals surface area (Å²) in [5.74, 6) is -2.14. The molecule has 1 aliphatic rings. The molecule has 1 aromatic carbocycles. The number of cyclic esters (lactones) is 1. The number of ether oxygens (including phenoxy) is 5. The quantitative estimate of drug-likeness (QED) is 0.351. The molecule has 0 radical (unpaired) electrons. The second-order valence-electron chi connectivity index (χ2n) is 12.5. The Morgan fingerprint density at radius 3 is 1.95 bits per heavy atom. The molecule has 1 aliphatic heterocycles. The van der Waals surface area contributed by atoms with Crippen molar-refractivity contribution >= 4 is 24.1 Å². The molecule has 4 atom stereocenters. The maximum atomic E-state index is 13.5. The lowest BCUT2D eigenvalue weighted by Gasteiger charge is -2.32. The first-order chi connectivity index (χ1) is 18.4. The number of amides is 2. The topological polar surface area (TPSA) is 118 Å². The van der Waals surface area contributed by atoms with Gasteiger partial charge in [0.25, 0.3) is 0 Å². The van der Waals surface area contributed by atoms with Gasteiger partial charge in [0.05, 0.1) is 19.1 Å². The molecule has 0 N–H and O–H groups in total. The molecule has 1 fully saturated rings. The Morgan fingerprint density at radius 1 is 0.950 bits per heavy atom. The number of nitrogens with zero attached hydrogens (tertiary/aromatic N) is 1. The smallest absolute Gasteiger partial charge is 0.420 e. The van der Waals surface area contributed by atoms with E-state index in [4.69, 9.17) is 23.7 Å².